The van der Waals surface area contributed by atoms with E-state index < -0.39 is 0 Å². The fourth-order valence-electron chi connectivity index (χ4n) is 1.46. The van der Waals surface area contributed by atoms with Crippen LogP contribution in [0.4, 0.5) is 0 Å². The molecule has 5 heteroatoms. The summed E-state index contributed by atoms with van der Waals surface area (Å²) in [6.07, 6.45) is 0. The number of para-hydroxylation sites is 2. The van der Waals surface area contributed by atoms with Gasteiger partial charge in [0.05, 0.1) is 17.6 Å². The molecule has 0 fully saturated rings. The van der Waals surface area contributed by atoms with Crippen LogP contribution in [-0.2, 0) is 9.53 Å². The lowest BCUT2D eigenvalue weighted by molar-refractivity contribution is -0.142. The number of ether oxygens (including phenoxy) is 1. The van der Waals surface area contributed by atoms with E-state index in [1.54, 1.807) is 6.92 Å². The summed E-state index contributed by atoms with van der Waals surface area (Å²) in [5.41, 5.74) is 1.89. The maximum Gasteiger partial charge on any atom is 0.319 e. The summed E-state index contributed by atoms with van der Waals surface area (Å²) in [5.74, 6) is -0.210. The van der Waals surface area contributed by atoms with E-state index in [2.05, 4.69) is 9.97 Å². The number of nitrogens with zero attached hydrogens (tertiary/aromatic N) is 1. The van der Waals surface area contributed by atoms with Crippen molar-refractivity contribution in [1.82, 2.24) is 9.97 Å². The van der Waals surface area contributed by atoms with Gasteiger partial charge in [0.1, 0.15) is 5.25 Å². The minimum atomic E-state index is -0.254. The summed E-state index contributed by atoms with van der Waals surface area (Å²) in [4.78, 5) is 19.0. The Bertz CT molecular complexity index is 491. The summed E-state index contributed by atoms with van der Waals surface area (Å²) < 4.78 is 4.95. The maximum atomic E-state index is 11.5. The lowest BCUT2D eigenvalue weighted by Gasteiger charge is -2.07. The molecular formula is C12H14N2O2S. The van der Waals surface area contributed by atoms with Crippen molar-refractivity contribution in [3.63, 3.8) is 0 Å². The molecule has 1 atom stereocenters. The number of carbonyl (C=O) groups excluding carboxylic acids is 1. The Kier molecular flexibility index (Phi) is 3.68. The fourth-order valence-corrected chi connectivity index (χ4v) is 2.28. The second kappa shape index (κ2) is 5.23. The summed E-state index contributed by atoms with van der Waals surface area (Å²) in [7, 11) is 0. The summed E-state index contributed by atoms with van der Waals surface area (Å²) in [5, 5.41) is 0.488. The number of rotatable bonds is 4. The molecule has 17 heavy (non-hydrogen) atoms. The lowest BCUT2D eigenvalue weighted by atomic mass is 10.3. The Labute approximate surface area is 104 Å². The molecule has 0 aliphatic carbocycles. The van der Waals surface area contributed by atoms with E-state index in [0.717, 1.165) is 16.2 Å². The Hall–Kier alpha value is -1.49. The fraction of sp³-hybridized carbons (Fsp3) is 0.333. The highest BCUT2D eigenvalue weighted by Gasteiger charge is 2.17. The number of thioether (sulfide) groups is 1. The van der Waals surface area contributed by atoms with E-state index in [1.165, 1.54) is 11.8 Å². The third-order valence-electron chi connectivity index (χ3n) is 2.27. The van der Waals surface area contributed by atoms with Gasteiger partial charge < -0.3 is 9.72 Å². The van der Waals surface area contributed by atoms with Crippen molar-refractivity contribution >= 4 is 28.8 Å². The number of carbonyl (C=O) groups is 1. The number of aromatic nitrogens is 2. The number of benzene rings is 1. The van der Waals surface area contributed by atoms with Crippen LogP contribution < -0.4 is 0 Å². The first kappa shape index (κ1) is 12.0. The van der Waals surface area contributed by atoms with Crippen LogP contribution in [0.2, 0.25) is 0 Å². The van der Waals surface area contributed by atoms with Gasteiger partial charge in [-0.3, -0.25) is 4.79 Å². The zero-order valence-corrected chi connectivity index (χ0v) is 10.6. The van der Waals surface area contributed by atoms with Crippen LogP contribution in [0.15, 0.2) is 29.4 Å². The van der Waals surface area contributed by atoms with Crippen LogP contribution in [0.1, 0.15) is 13.8 Å². The molecule has 0 aliphatic heterocycles. The number of hydrogen-bond acceptors (Lipinski definition) is 4. The number of fused-ring (bicyclic) bond motifs is 1. The van der Waals surface area contributed by atoms with Crippen LogP contribution in [-0.4, -0.2) is 27.8 Å². The number of H-pyrrole nitrogens is 1. The number of imidazole rings is 1. The second-order valence-corrected chi connectivity index (χ2v) is 4.90. The van der Waals surface area contributed by atoms with Gasteiger partial charge in [-0.05, 0) is 26.0 Å². The Balaban J connectivity index is 2.10. The van der Waals surface area contributed by atoms with E-state index in [9.17, 15) is 4.79 Å². The second-order valence-electron chi connectivity index (χ2n) is 3.57. The molecule has 1 aromatic heterocycles. The van der Waals surface area contributed by atoms with Crippen molar-refractivity contribution in [2.24, 2.45) is 0 Å². The molecule has 1 heterocycles. The highest BCUT2D eigenvalue weighted by Crippen LogP contribution is 2.23. The quantitative estimate of drug-likeness (QED) is 0.669. The molecule has 0 spiro atoms. The molecule has 1 N–H and O–H groups in total. The Morgan fingerprint density at radius 1 is 1.53 bits per heavy atom. The zero-order valence-electron chi connectivity index (χ0n) is 9.77. The number of esters is 1. The third-order valence-corrected chi connectivity index (χ3v) is 3.24. The molecule has 0 radical (unpaired) electrons. The molecule has 0 saturated heterocycles. The van der Waals surface area contributed by atoms with Crippen LogP contribution in [0.25, 0.3) is 11.0 Å². The summed E-state index contributed by atoms with van der Waals surface area (Å²) in [6, 6.07) is 7.78. The molecule has 2 rings (SSSR count). The van der Waals surface area contributed by atoms with Crippen LogP contribution in [0.5, 0.6) is 0 Å². The molecule has 2 aromatic rings. The van der Waals surface area contributed by atoms with Crippen molar-refractivity contribution in [1.29, 1.82) is 0 Å². The predicted molar refractivity (Wildman–Crippen MR) is 68.0 cm³/mol. The first-order chi connectivity index (χ1) is 8.20. The minimum absolute atomic E-state index is 0.210. The largest absolute Gasteiger partial charge is 0.465 e. The van der Waals surface area contributed by atoms with Crippen molar-refractivity contribution in [2.75, 3.05) is 6.61 Å². The van der Waals surface area contributed by atoms with Crippen LogP contribution >= 0.6 is 11.8 Å². The Morgan fingerprint density at radius 3 is 3.00 bits per heavy atom. The zero-order chi connectivity index (χ0) is 12.3. The average Bonchev–Trinajstić information content (AvgIpc) is 2.71. The van der Waals surface area contributed by atoms with Gasteiger partial charge in [-0.1, -0.05) is 23.9 Å². The predicted octanol–water partition coefficient (Wildman–Crippen LogP) is 2.61. The van der Waals surface area contributed by atoms with E-state index >= 15 is 0 Å². The lowest BCUT2D eigenvalue weighted by Crippen LogP contribution is -2.16. The molecule has 0 bridgehead atoms. The van der Waals surface area contributed by atoms with Gasteiger partial charge >= 0.3 is 5.97 Å². The molecule has 90 valence electrons. The van der Waals surface area contributed by atoms with E-state index in [4.69, 9.17) is 4.74 Å². The van der Waals surface area contributed by atoms with Gasteiger partial charge in [-0.2, -0.15) is 0 Å². The average molecular weight is 250 g/mol. The highest BCUT2D eigenvalue weighted by atomic mass is 32.2. The van der Waals surface area contributed by atoms with E-state index in [1.807, 2.05) is 31.2 Å². The van der Waals surface area contributed by atoms with Crippen molar-refractivity contribution in [3.8, 4) is 0 Å². The molecule has 0 aliphatic rings. The summed E-state index contributed by atoms with van der Waals surface area (Å²) in [6.45, 7) is 4.02. The minimum Gasteiger partial charge on any atom is -0.465 e. The van der Waals surface area contributed by atoms with Gasteiger partial charge in [0, 0.05) is 0 Å². The normalized spacial score (nSPS) is 12.6. The molecule has 0 amide bonds. The maximum absolute atomic E-state index is 11.5. The first-order valence-corrected chi connectivity index (χ1v) is 6.36. The van der Waals surface area contributed by atoms with Gasteiger partial charge in [0.2, 0.25) is 0 Å². The molecule has 0 saturated carbocycles. The first-order valence-electron chi connectivity index (χ1n) is 5.48. The molecule has 4 nitrogen and oxygen atoms in total. The van der Waals surface area contributed by atoms with Crippen LogP contribution in [0, 0.1) is 0 Å². The van der Waals surface area contributed by atoms with Crippen molar-refractivity contribution in [2.45, 2.75) is 24.3 Å². The topological polar surface area (TPSA) is 55.0 Å². The third kappa shape index (κ3) is 2.79. The van der Waals surface area contributed by atoms with E-state index in [0.29, 0.717) is 6.61 Å². The number of aromatic amines is 1. The smallest absolute Gasteiger partial charge is 0.319 e. The summed E-state index contributed by atoms with van der Waals surface area (Å²) >= 11 is 1.38. The van der Waals surface area contributed by atoms with Gasteiger partial charge in [0.25, 0.3) is 0 Å². The van der Waals surface area contributed by atoms with Crippen molar-refractivity contribution in [3.05, 3.63) is 24.3 Å². The highest BCUT2D eigenvalue weighted by molar-refractivity contribution is 8.00. The standard InChI is InChI=1S/C12H14N2O2S/c1-3-16-11(15)8(2)17-12-13-9-6-4-5-7-10(9)14-12/h4-8H,3H2,1-2H3,(H,13,14)/t8-/m1/s1. The van der Waals surface area contributed by atoms with Gasteiger partial charge in [-0.25, -0.2) is 4.98 Å². The Morgan fingerprint density at radius 2 is 2.29 bits per heavy atom. The molecular weight excluding hydrogens is 236 g/mol. The number of hydrogen-bond donors (Lipinski definition) is 1. The molecule has 1 aromatic carbocycles. The van der Waals surface area contributed by atoms with Crippen LogP contribution in [0.3, 0.4) is 0 Å². The number of nitrogens with one attached hydrogen (secondary N) is 1. The SMILES string of the molecule is CCOC(=O)[C@@H](C)Sc1nc2ccccc2[nH]1. The van der Waals surface area contributed by atoms with Crippen molar-refractivity contribution < 1.29 is 9.53 Å². The molecule has 0 unspecified atom stereocenters. The van der Waals surface area contributed by atoms with Gasteiger partial charge in [0.15, 0.2) is 5.16 Å². The van der Waals surface area contributed by atoms with Gasteiger partial charge in [-0.15, -0.1) is 0 Å². The van der Waals surface area contributed by atoms with E-state index in [-0.39, 0.29) is 11.2 Å². The monoisotopic (exact) mass is 250 g/mol.